The average Bonchev–Trinajstić information content (AvgIpc) is 2.95. The van der Waals surface area contributed by atoms with Crippen LogP contribution in [-0.2, 0) is 6.42 Å². The number of aromatic nitrogens is 4. The van der Waals surface area contributed by atoms with Crippen LogP contribution in [0, 0.1) is 0 Å². The van der Waals surface area contributed by atoms with Gasteiger partial charge in [-0.25, -0.2) is 24.7 Å². The molecule has 0 saturated heterocycles. The van der Waals surface area contributed by atoms with E-state index in [0.29, 0.717) is 52.4 Å². The quantitative estimate of drug-likeness (QED) is 0.283. The molecule has 9 heteroatoms. The lowest BCUT2D eigenvalue weighted by molar-refractivity contribution is 0.262. The Labute approximate surface area is 213 Å². The number of nitrogens with one attached hydrogen (secondary N) is 2. The minimum Gasteiger partial charge on any atom is -0.495 e. The molecule has 0 radical (unpaired) electrons. The van der Waals surface area contributed by atoms with Gasteiger partial charge in [-0.1, -0.05) is 43.3 Å². The van der Waals surface area contributed by atoms with Crippen LogP contribution in [0.25, 0.3) is 22.2 Å². The fourth-order valence-electron chi connectivity index (χ4n) is 3.87. The molecular formula is C28H24N6O3. The summed E-state index contributed by atoms with van der Waals surface area (Å²) in [7, 11) is 1.56. The number of hydrogen-bond donors (Lipinski definition) is 2. The molecule has 0 bridgehead atoms. The van der Waals surface area contributed by atoms with Crippen LogP contribution in [0.2, 0.25) is 0 Å². The Morgan fingerprint density at radius 2 is 1.59 bits per heavy atom. The molecule has 37 heavy (non-hydrogen) atoms. The van der Waals surface area contributed by atoms with Crippen molar-refractivity contribution >= 4 is 28.2 Å². The van der Waals surface area contributed by atoms with Gasteiger partial charge in [0.1, 0.15) is 23.7 Å². The van der Waals surface area contributed by atoms with Gasteiger partial charge in [0.25, 0.3) is 0 Å². The van der Waals surface area contributed by atoms with E-state index in [0.717, 1.165) is 10.8 Å². The van der Waals surface area contributed by atoms with Crippen molar-refractivity contribution in [3.63, 3.8) is 0 Å². The fourth-order valence-corrected chi connectivity index (χ4v) is 3.87. The van der Waals surface area contributed by atoms with Crippen LogP contribution in [0.15, 0.2) is 85.3 Å². The number of rotatable bonds is 7. The second kappa shape index (κ2) is 10.7. The number of anilines is 2. The summed E-state index contributed by atoms with van der Waals surface area (Å²) >= 11 is 0. The van der Waals surface area contributed by atoms with E-state index in [1.54, 1.807) is 37.6 Å². The molecule has 2 aromatic heterocycles. The van der Waals surface area contributed by atoms with Crippen molar-refractivity contribution in [2.24, 2.45) is 0 Å². The molecule has 0 atom stereocenters. The topological polar surface area (TPSA) is 111 Å². The molecule has 184 valence electrons. The maximum absolute atomic E-state index is 12.8. The smallest absolute Gasteiger partial charge is 0.323 e. The molecule has 2 heterocycles. The molecule has 5 rings (SSSR count). The van der Waals surface area contributed by atoms with Crippen molar-refractivity contribution in [3.8, 4) is 28.8 Å². The minimum atomic E-state index is -0.392. The minimum absolute atomic E-state index is 0.371. The molecule has 0 saturated carbocycles. The second-order valence-electron chi connectivity index (χ2n) is 7.97. The lowest BCUT2D eigenvalue weighted by atomic mass is 10.1. The molecule has 2 amide bonds. The van der Waals surface area contributed by atoms with Crippen LogP contribution in [-0.4, -0.2) is 33.1 Å². The second-order valence-corrected chi connectivity index (χ2v) is 7.97. The van der Waals surface area contributed by atoms with E-state index in [2.05, 4.69) is 30.6 Å². The Morgan fingerprint density at radius 1 is 0.811 bits per heavy atom. The number of aryl methyl sites for hydroxylation is 1. The number of benzene rings is 3. The first-order valence-electron chi connectivity index (χ1n) is 11.7. The molecular weight excluding hydrogens is 468 g/mol. The van der Waals surface area contributed by atoms with E-state index in [1.807, 2.05) is 55.5 Å². The number of para-hydroxylation sites is 2. The van der Waals surface area contributed by atoms with Crippen LogP contribution in [0.5, 0.6) is 17.4 Å². The summed E-state index contributed by atoms with van der Waals surface area (Å²) in [4.78, 5) is 30.2. The lowest BCUT2D eigenvalue weighted by Gasteiger charge is -2.15. The Hall–Kier alpha value is -5.05. The van der Waals surface area contributed by atoms with Crippen LogP contribution in [0.3, 0.4) is 0 Å². The number of hydrogen-bond acceptors (Lipinski definition) is 7. The molecule has 0 unspecified atom stereocenters. The summed E-state index contributed by atoms with van der Waals surface area (Å²) in [6.45, 7) is 1.98. The van der Waals surface area contributed by atoms with Gasteiger partial charge in [0.15, 0.2) is 5.82 Å². The Kier molecular flexibility index (Phi) is 6.84. The highest BCUT2D eigenvalue weighted by molar-refractivity contribution is 6.08. The van der Waals surface area contributed by atoms with Crippen LogP contribution < -0.4 is 20.1 Å². The fraction of sp³-hybridized carbons (Fsp3) is 0.107. The van der Waals surface area contributed by atoms with Gasteiger partial charge in [-0.05, 0) is 36.4 Å². The standard InChI is InChI=1S/C28H24N6O3/c1-3-25-30-17-31-26(34-25)20-11-8-16-29-27(20)37-23-15-14-21(18-9-4-5-10-19(18)23)32-28(35)33-22-12-6-7-13-24(22)36-2/h4-17H,3H2,1-2H3,(H2,32,33,35). The number of urea groups is 1. The van der Waals surface area contributed by atoms with E-state index in [-0.39, 0.29) is 0 Å². The highest BCUT2D eigenvalue weighted by Gasteiger charge is 2.16. The van der Waals surface area contributed by atoms with Crippen LogP contribution >= 0.6 is 0 Å². The normalized spacial score (nSPS) is 10.6. The largest absolute Gasteiger partial charge is 0.495 e. The Balaban J connectivity index is 1.44. The van der Waals surface area contributed by atoms with Crippen LogP contribution in [0.4, 0.5) is 16.2 Å². The number of carbonyl (C=O) groups is 1. The summed E-state index contributed by atoms with van der Waals surface area (Å²) in [5, 5.41) is 7.36. The van der Waals surface area contributed by atoms with Crippen molar-refractivity contribution in [1.29, 1.82) is 0 Å². The van der Waals surface area contributed by atoms with Crippen molar-refractivity contribution < 1.29 is 14.3 Å². The first-order valence-corrected chi connectivity index (χ1v) is 11.7. The molecule has 0 aliphatic rings. The summed E-state index contributed by atoms with van der Waals surface area (Å²) in [5.74, 6) is 2.70. The Morgan fingerprint density at radius 3 is 2.43 bits per heavy atom. The predicted molar refractivity (Wildman–Crippen MR) is 142 cm³/mol. The first-order chi connectivity index (χ1) is 18.2. The van der Waals surface area contributed by atoms with Gasteiger partial charge in [0.2, 0.25) is 5.88 Å². The van der Waals surface area contributed by atoms with E-state index >= 15 is 0 Å². The van der Waals surface area contributed by atoms with E-state index in [9.17, 15) is 4.79 Å². The third-order valence-electron chi connectivity index (χ3n) is 5.64. The van der Waals surface area contributed by atoms with E-state index < -0.39 is 6.03 Å². The Bertz CT molecular complexity index is 1570. The summed E-state index contributed by atoms with van der Waals surface area (Å²) < 4.78 is 11.6. The number of carbonyl (C=O) groups excluding carboxylic acids is 1. The highest BCUT2D eigenvalue weighted by atomic mass is 16.5. The SMILES string of the molecule is CCc1ncnc(-c2cccnc2Oc2ccc(NC(=O)Nc3ccccc3OC)c3ccccc23)n1. The highest BCUT2D eigenvalue weighted by Crippen LogP contribution is 2.36. The zero-order valence-corrected chi connectivity index (χ0v) is 20.3. The lowest BCUT2D eigenvalue weighted by Crippen LogP contribution is -2.20. The maximum atomic E-state index is 12.8. The number of amides is 2. The zero-order chi connectivity index (χ0) is 25.6. The molecule has 2 N–H and O–H groups in total. The van der Waals surface area contributed by atoms with Gasteiger partial charge < -0.3 is 20.1 Å². The molecule has 0 aliphatic heterocycles. The van der Waals surface area contributed by atoms with Gasteiger partial charge in [-0.15, -0.1) is 0 Å². The number of fused-ring (bicyclic) bond motifs is 1. The zero-order valence-electron chi connectivity index (χ0n) is 20.3. The molecule has 0 aliphatic carbocycles. The van der Waals surface area contributed by atoms with Crippen molar-refractivity contribution in [3.05, 3.63) is 91.1 Å². The third-order valence-corrected chi connectivity index (χ3v) is 5.64. The molecule has 3 aromatic carbocycles. The molecule has 0 spiro atoms. The predicted octanol–water partition coefficient (Wildman–Crippen LogP) is 6.09. The van der Waals surface area contributed by atoms with Gasteiger partial charge in [-0.3, -0.25) is 0 Å². The molecule has 5 aromatic rings. The third kappa shape index (κ3) is 5.15. The monoisotopic (exact) mass is 492 g/mol. The van der Waals surface area contributed by atoms with Crippen molar-refractivity contribution in [2.75, 3.05) is 17.7 Å². The van der Waals surface area contributed by atoms with E-state index in [1.165, 1.54) is 6.33 Å². The van der Waals surface area contributed by atoms with Crippen LogP contribution in [0.1, 0.15) is 12.7 Å². The number of ether oxygens (including phenoxy) is 2. The van der Waals surface area contributed by atoms with Gasteiger partial charge >= 0.3 is 6.03 Å². The number of pyridine rings is 1. The van der Waals surface area contributed by atoms with Gasteiger partial charge in [0, 0.05) is 23.4 Å². The number of methoxy groups -OCH3 is 1. The summed E-state index contributed by atoms with van der Waals surface area (Å²) in [5.41, 5.74) is 1.85. The van der Waals surface area contributed by atoms with Gasteiger partial charge in [0.05, 0.1) is 24.0 Å². The van der Waals surface area contributed by atoms with E-state index in [4.69, 9.17) is 9.47 Å². The maximum Gasteiger partial charge on any atom is 0.323 e. The molecule has 9 nitrogen and oxygen atoms in total. The average molecular weight is 493 g/mol. The van der Waals surface area contributed by atoms with Gasteiger partial charge in [-0.2, -0.15) is 0 Å². The van der Waals surface area contributed by atoms with Crippen molar-refractivity contribution in [1.82, 2.24) is 19.9 Å². The summed E-state index contributed by atoms with van der Waals surface area (Å²) in [6, 6.07) is 21.7. The van der Waals surface area contributed by atoms with Crippen molar-refractivity contribution in [2.45, 2.75) is 13.3 Å². The summed E-state index contributed by atoms with van der Waals surface area (Å²) in [6.07, 6.45) is 3.83. The molecule has 0 fully saturated rings. The number of nitrogens with zero attached hydrogens (tertiary/aromatic N) is 4. The first kappa shape index (κ1) is 23.7.